The maximum atomic E-state index is 13.0. The second kappa shape index (κ2) is 7.02. The van der Waals surface area contributed by atoms with Gasteiger partial charge in [0.1, 0.15) is 19.1 Å². The van der Waals surface area contributed by atoms with Crippen LogP contribution in [0.1, 0.15) is 20.8 Å². The minimum Gasteiger partial charge on any atom is -0.308 e. The quantitative estimate of drug-likeness (QED) is 0.785. The maximum Gasteiger partial charge on any atom is 0.255 e. The summed E-state index contributed by atoms with van der Waals surface area (Å²) < 4.78 is 14.6. The third-order valence-corrected chi connectivity index (χ3v) is 3.68. The lowest BCUT2D eigenvalue weighted by atomic mass is 10.2. The van der Waals surface area contributed by atoms with E-state index in [1.807, 2.05) is 20.8 Å². The van der Waals surface area contributed by atoms with Crippen LogP contribution in [0.5, 0.6) is 0 Å². The van der Waals surface area contributed by atoms with Crippen molar-refractivity contribution >= 4 is 28.6 Å². The molecule has 0 fully saturated rings. The predicted octanol–water partition coefficient (Wildman–Crippen LogP) is 2.84. The molecule has 1 aliphatic heterocycles. The monoisotopic (exact) mass is 311 g/mol. The van der Waals surface area contributed by atoms with Gasteiger partial charge in [0.25, 0.3) is 5.91 Å². The molecule has 21 heavy (non-hydrogen) atoms. The van der Waals surface area contributed by atoms with Crippen LogP contribution in [-0.4, -0.2) is 34.7 Å². The van der Waals surface area contributed by atoms with Crippen LogP contribution in [0.15, 0.2) is 29.3 Å². The van der Waals surface area contributed by atoms with E-state index < -0.39 is 0 Å². The topological polar surface area (TPSA) is 45.1 Å². The Morgan fingerprint density at radius 3 is 2.67 bits per heavy atom. The number of hydrogen-bond acceptors (Lipinski definition) is 5. The number of amides is 1. The molecule has 0 atom stereocenters. The molecule has 1 heterocycles. The minimum absolute atomic E-state index is 0.0456. The number of aliphatic imine (C=N–C) groups is 1. The Kier molecular flexibility index (Phi) is 5.33. The molecule has 7 heteroatoms. The Morgan fingerprint density at radius 2 is 2.14 bits per heavy atom. The van der Waals surface area contributed by atoms with Crippen molar-refractivity contribution in [2.75, 3.05) is 18.2 Å². The molecule has 0 bridgehead atoms. The van der Waals surface area contributed by atoms with Crippen molar-refractivity contribution in [3.63, 3.8) is 0 Å². The lowest BCUT2D eigenvalue weighted by Gasteiger charge is -2.27. The Bertz CT molecular complexity index is 534. The number of carbonyl (C=O) groups is 1. The highest BCUT2D eigenvalue weighted by Gasteiger charge is 2.22. The normalized spacial score (nSPS) is 15.4. The van der Waals surface area contributed by atoms with E-state index in [1.54, 1.807) is 21.5 Å². The van der Waals surface area contributed by atoms with Crippen LogP contribution in [-0.2, 0) is 9.63 Å². The fourth-order valence-electron chi connectivity index (χ4n) is 1.96. The molecule has 0 spiro atoms. The van der Waals surface area contributed by atoms with Gasteiger partial charge in [-0.25, -0.2) is 4.39 Å². The van der Waals surface area contributed by atoms with Gasteiger partial charge in [-0.3, -0.25) is 14.6 Å². The van der Waals surface area contributed by atoms with Crippen molar-refractivity contribution in [2.24, 2.45) is 4.99 Å². The van der Waals surface area contributed by atoms with Gasteiger partial charge in [0.05, 0.1) is 5.04 Å². The van der Waals surface area contributed by atoms with Gasteiger partial charge in [-0.2, -0.15) is 0 Å². The summed E-state index contributed by atoms with van der Waals surface area (Å²) in [7, 11) is 0. The van der Waals surface area contributed by atoms with Gasteiger partial charge in [-0.05, 0) is 45.0 Å². The fourth-order valence-corrected chi connectivity index (χ4v) is 2.59. The number of rotatable bonds is 5. The minimum atomic E-state index is -0.327. The molecule has 0 N–H and O–H groups in total. The van der Waals surface area contributed by atoms with Crippen molar-refractivity contribution in [1.29, 1.82) is 0 Å². The van der Waals surface area contributed by atoms with Crippen molar-refractivity contribution in [3.05, 3.63) is 30.1 Å². The van der Waals surface area contributed by atoms with E-state index in [9.17, 15) is 9.18 Å². The molecule has 0 saturated heterocycles. The Morgan fingerprint density at radius 1 is 1.48 bits per heavy atom. The van der Waals surface area contributed by atoms with Crippen LogP contribution in [0.25, 0.3) is 0 Å². The number of anilines is 1. The standard InChI is InChI=1S/C14H18FN3O2S/c1-10(2)18(13-6-4-12(15)5-7-13)14(19)8-20-17-9-16-11(3)21-17/h4-7,10H,8-9H2,1-3H3. The molecule has 1 aromatic rings. The predicted molar refractivity (Wildman–Crippen MR) is 82.4 cm³/mol. The first kappa shape index (κ1) is 15.9. The molecular weight excluding hydrogens is 293 g/mol. The average molecular weight is 311 g/mol. The van der Waals surface area contributed by atoms with E-state index in [0.717, 1.165) is 5.04 Å². The van der Waals surface area contributed by atoms with Crippen molar-refractivity contribution in [3.8, 4) is 0 Å². The van der Waals surface area contributed by atoms with Gasteiger partial charge in [-0.15, -0.1) is 4.47 Å². The smallest absolute Gasteiger partial charge is 0.255 e. The summed E-state index contributed by atoms with van der Waals surface area (Å²) in [5, 5.41) is 0.904. The molecular formula is C14H18FN3O2S. The summed E-state index contributed by atoms with van der Waals surface area (Å²) >= 11 is 1.37. The van der Waals surface area contributed by atoms with Crippen LogP contribution in [0.4, 0.5) is 10.1 Å². The van der Waals surface area contributed by atoms with Gasteiger partial charge in [0.15, 0.2) is 0 Å². The molecule has 2 rings (SSSR count). The van der Waals surface area contributed by atoms with Gasteiger partial charge in [0, 0.05) is 23.7 Å². The molecule has 1 aliphatic rings. The van der Waals surface area contributed by atoms with Crippen LogP contribution in [0, 0.1) is 5.82 Å². The molecule has 0 aliphatic carbocycles. The maximum absolute atomic E-state index is 13.0. The Balaban J connectivity index is 1.98. The Labute approximate surface area is 127 Å². The lowest BCUT2D eigenvalue weighted by molar-refractivity contribution is -0.135. The molecule has 1 amide bonds. The zero-order valence-electron chi connectivity index (χ0n) is 12.2. The SMILES string of the molecule is CC1=NCN(OCC(=O)N(c2ccc(F)cc2)C(C)C)S1. The first-order chi connectivity index (χ1) is 9.97. The first-order valence-corrected chi connectivity index (χ1v) is 7.42. The second-order valence-corrected chi connectivity index (χ2v) is 6.03. The van der Waals surface area contributed by atoms with E-state index in [2.05, 4.69) is 4.99 Å². The van der Waals surface area contributed by atoms with Crippen LogP contribution in [0.3, 0.4) is 0 Å². The van der Waals surface area contributed by atoms with Gasteiger partial charge in [-0.1, -0.05) is 0 Å². The van der Waals surface area contributed by atoms with E-state index >= 15 is 0 Å². The first-order valence-electron chi connectivity index (χ1n) is 6.64. The molecule has 0 aromatic heterocycles. The van der Waals surface area contributed by atoms with E-state index in [0.29, 0.717) is 12.4 Å². The van der Waals surface area contributed by atoms with E-state index in [1.165, 1.54) is 24.1 Å². The second-order valence-electron chi connectivity index (χ2n) is 4.85. The lowest BCUT2D eigenvalue weighted by Crippen LogP contribution is -2.40. The number of benzene rings is 1. The van der Waals surface area contributed by atoms with Crippen LogP contribution >= 0.6 is 11.9 Å². The third kappa shape index (κ3) is 4.26. The molecule has 0 radical (unpaired) electrons. The highest BCUT2D eigenvalue weighted by molar-refractivity contribution is 8.12. The van der Waals surface area contributed by atoms with Crippen LogP contribution in [0.2, 0.25) is 0 Å². The van der Waals surface area contributed by atoms with Crippen molar-refractivity contribution < 1.29 is 14.0 Å². The van der Waals surface area contributed by atoms with Crippen LogP contribution < -0.4 is 4.90 Å². The molecule has 5 nitrogen and oxygen atoms in total. The summed E-state index contributed by atoms with van der Waals surface area (Å²) in [5.41, 5.74) is 0.654. The zero-order valence-corrected chi connectivity index (χ0v) is 13.1. The number of nitrogens with zero attached hydrogens (tertiary/aromatic N) is 3. The number of hydrogen-bond donors (Lipinski definition) is 0. The van der Waals surface area contributed by atoms with Gasteiger partial charge in [0.2, 0.25) is 0 Å². The number of halogens is 1. The summed E-state index contributed by atoms with van der Waals surface area (Å²) in [6.45, 7) is 6.03. The Hall–Kier alpha value is -1.44. The molecule has 0 unspecified atom stereocenters. The summed E-state index contributed by atoms with van der Waals surface area (Å²) in [4.78, 5) is 23.5. The van der Waals surface area contributed by atoms with Gasteiger partial charge >= 0.3 is 0 Å². The van der Waals surface area contributed by atoms with E-state index in [-0.39, 0.29) is 24.4 Å². The molecule has 1 aromatic carbocycles. The number of hydroxylamine groups is 1. The molecule has 0 saturated carbocycles. The number of carbonyl (C=O) groups excluding carboxylic acids is 1. The fraction of sp³-hybridized carbons (Fsp3) is 0.429. The van der Waals surface area contributed by atoms with E-state index in [4.69, 9.17) is 4.84 Å². The average Bonchev–Trinajstić information content (AvgIpc) is 2.84. The van der Waals surface area contributed by atoms with Crippen molar-refractivity contribution in [1.82, 2.24) is 4.47 Å². The largest absolute Gasteiger partial charge is 0.308 e. The zero-order chi connectivity index (χ0) is 15.4. The van der Waals surface area contributed by atoms with Crippen molar-refractivity contribution in [2.45, 2.75) is 26.8 Å². The van der Waals surface area contributed by atoms with Gasteiger partial charge < -0.3 is 4.90 Å². The summed E-state index contributed by atoms with van der Waals surface area (Å²) in [6, 6.07) is 5.81. The molecule has 114 valence electrons. The highest BCUT2D eigenvalue weighted by Crippen LogP contribution is 2.21. The third-order valence-electron chi connectivity index (χ3n) is 2.86. The summed E-state index contributed by atoms with van der Waals surface area (Å²) in [5.74, 6) is -0.506. The highest BCUT2D eigenvalue weighted by atomic mass is 32.2. The summed E-state index contributed by atoms with van der Waals surface area (Å²) in [6.07, 6.45) is 0.